The van der Waals surface area contributed by atoms with Crippen LogP contribution in [0.15, 0.2) is 12.4 Å². The van der Waals surface area contributed by atoms with Crippen molar-refractivity contribution in [2.75, 3.05) is 0 Å². The van der Waals surface area contributed by atoms with Crippen LogP contribution < -0.4 is 11.1 Å². The van der Waals surface area contributed by atoms with Crippen LogP contribution in [-0.4, -0.2) is 21.7 Å². The number of carbonyl (C=O) groups excluding carboxylic acids is 1. The van der Waals surface area contributed by atoms with Crippen molar-refractivity contribution in [1.29, 1.82) is 0 Å². The first-order valence-corrected chi connectivity index (χ1v) is 7.66. The Morgan fingerprint density at radius 2 is 2.20 bits per heavy atom. The minimum Gasteiger partial charge on any atom is -0.351 e. The normalized spacial score (nSPS) is 19.6. The summed E-state index contributed by atoms with van der Waals surface area (Å²) >= 11 is 0. The van der Waals surface area contributed by atoms with Crippen LogP contribution in [0.4, 0.5) is 0 Å². The molecule has 3 N–H and O–H groups in total. The topological polar surface area (TPSA) is 72.9 Å². The molecule has 112 valence electrons. The number of nitrogens with zero attached hydrogens (tertiary/aromatic N) is 2. The molecule has 1 aromatic heterocycles. The van der Waals surface area contributed by atoms with Crippen molar-refractivity contribution >= 4 is 5.91 Å². The summed E-state index contributed by atoms with van der Waals surface area (Å²) in [7, 11) is 1.82. The van der Waals surface area contributed by atoms with E-state index >= 15 is 0 Å². The lowest BCUT2D eigenvalue weighted by Gasteiger charge is -2.31. The summed E-state index contributed by atoms with van der Waals surface area (Å²) in [5.74, 6) is 0.522. The van der Waals surface area contributed by atoms with Gasteiger partial charge < -0.3 is 11.1 Å². The summed E-state index contributed by atoms with van der Waals surface area (Å²) in [5.41, 5.74) is 6.79. The predicted octanol–water partition coefficient (Wildman–Crippen LogP) is 1.89. The van der Waals surface area contributed by atoms with Crippen molar-refractivity contribution in [1.82, 2.24) is 15.1 Å². The van der Waals surface area contributed by atoms with Crippen molar-refractivity contribution in [3.63, 3.8) is 0 Å². The number of aromatic nitrogens is 2. The van der Waals surface area contributed by atoms with Gasteiger partial charge in [0.15, 0.2) is 0 Å². The molecule has 0 bridgehead atoms. The lowest BCUT2D eigenvalue weighted by Crippen LogP contribution is -2.44. The van der Waals surface area contributed by atoms with Crippen molar-refractivity contribution in [2.24, 2.45) is 18.7 Å². The van der Waals surface area contributed by atoms with Crippen LogP contribution in [0, 0.1) is 5.92 Å². The first-order chi connectivity index (χ1) is 9.61. The average molecular weight is 278 g/mol. The lowest BCUT2D eigenvalue weighted by atomic mass is 9.83. The fraction of sp³-hybridized carbons (Fsp3) is 0.733. The summed E-state index contributed by atoms with van der Waals surface area (Å²) in [6.07, 6.45) is 10.8. The number of hydrogen-bond donors (Lipinski definition) is 2. The molecule has 2 rings (SSSR count). The second kappa shape index (κ2) is 6.88. The van der Waals surface area contributed by atoms with E-state index < -0.39 is 6.04 Å². The second-order valence-corrected chi connectivity index (χ2v) is 5.85. The highest BCUT2D eigenvalue weighted by atomic mass is 16.2. The van der Waals surface area contributed by atoms with Gasteiger partial charge in [-0.05, 0) is 25.2 Å². The summed E-state index contributed by atoms with van der Waals surface area (Å²) in [4.78, 5) is 12.3. The molecule has 2 unspecified atom stereocenters. The van der Waals surface area contributed by atoms with Crippen molar-refractivity contribution < 1.29 is 4.79 Å². The Labute approximate surface area is 120 Å². The van der Waals surface area contributed by atoms with Crippen LogP contribution >= 0.6 is 0 Å². The molecule has 5 nitrogen and oxygen atoms in total. The minimum absolute atomic E-state index is 0.0876. The maximum Gasteiger partial charge on any atom is 0.241 e. The molecule has 0 spiro atoms. The van der Waals surface area contributed by atoms with Gasteiger partial charge >= 0.3 is 0 Å². The van der Waals surface area contributed by atoms with Gasteiger partial charge in [-0.15, -0.1) is 0 Å². The number of rotatable bonds is 5. The molecule has 1 amide bonds. The number of aryl methyl sites for hydroxylation is 1. The van der Waals surface area contributed by atoms with Gasteiger partial charge in [0.25, 0.3) is 0 Å². The first-order valence-electron chi connectivity index (χ1n) is 7.66. The third kappa shape index (κ3) is 3.60. The zero-order chi connectivity index (χ0) is 14.5. The number of nitrogens with two attached hydrogens (primary N) is 1. The maximum absolute atomic E-state index is 12.3. The molecule has 20 heavy (non-hydrogen) atoms. The van der Waals surface area contributed by atoms with E-state index in [4.69, 9.17) is 5.73 Å². The zero-order valence-electron chi connectivity index (χ0n) is 12.5. The summed E-state index contributed by atoms with van der Waals surface area (Å²) < 4.78 is 1.67. The molecule has 1 fully saturated rings. The largest absolute Gasteiger partial charge is 0.351 e. The van der Waals surface area contributed by atoms with Gasteiger partial charge in [-0.3, -0.25) is 9.48 Å². The Morgan fingerprint density at radius 1 is 1.50 bits per heavy atom. The lowest BCUT2D eigenvalue weighted by molar-refractivity contribution is -0.123. The average Bonchev–Trinajstić information content (AvgIpc) is 2.91. The third-order valence-corrected chi connectivity index (χ3v) is 4.35. The molecule has 0 aliphatic heterocycles. The van der Waals surface area contributed by atoms with Gasteiger partial charge in [0.1, 0.15) is 6.04 Å². The first kappa shape index (κ1) is 15.0. The molecule has 1 aromatic rings. The van der Waals surface area contributed by atoms with E-state index in [0.29, 0.717) is 5.92 Å². The highest BCUT2D eigenvalue weighted by molar-refractivity contribution is 5.83. The second-order valence-electron chi connectivity index (χ2n) is 5.85. The smallest absolute Gasteiger partial charge is 0.241 e. The molecule has 1 aliphatic carbocycles. The zero-order valence-corrected chi connectivity index (χ0v) is 12.5. The SMILES string of the molecule is CCC(NC(=O)C(N)c1cnn(C)c1)C1CCCCC1. The van der Waals surface area contributed by atoms with Gasteiger partial charge in [-0.1, -0.05) is 26.2 Å². The Bertz CT molecular complexity index is 437. The van der Waals surface area contributed by atoms with Gasteiger partial charge in [-0.25, -0.2) is 0 Å². The number of hydrogen-bond acceptors (Lipinski definition) is 3. The Kier molecular flexibility index (Phi) is 5.17. The molecule has 2 atom stereocenters. The van der Waals surface area contributed by atoms with Crippen LogP contribution in [0.25, 0.3) is 0 Å². The predicted molar refractivity (Wildman–Crippen MR) is 78.9 cm³/mol. The van der Waals surface area contributed by atoms with Crippen LogP contribution in [0.5, 0.6) is 0 Å². The van der Waals surface area contributed by atoms with Crippen LogP contribution in [0.2, 0.25) is 0 Å². The van der Waals surface area contributed by atoms with Crippen molar-refractivity contribution in [3.8, 4) is 0 Å². The van der Waals surface area contributed by atoms with Crippen LogP contribution in [-0.2, 0) is 11.8 Å². The van der Waals surface area contributed by atoms with Crippen molar-refractivity contribution in [2.45, 2.75) is 57.5 Å². The molecule has 1 aliphatic rings. The van der Waals surface area contributed by atoms with E-state index in [9.17, 15) is 4.79 Å². The highest BCUT2D eigenvalue weighted by Crippen LogP contribution is 2.28. The molecule has 0 aromatic carbocycles. The van der Waals surface area contributed by atoms with E-state index in [1.165, 1.54) is 32.1 Å². The maximum atomic E-state index is 12.3. The fourth-order valence-electron chi connectivity index (χ4n) is 3.11. The standard InChI is InChI=1S/C15H26N4O/c1-3-13(11-7-5-4-6-8-11)18-15(20)14(16)12-9-17-19(2)10-12/h9-11,13-14H,3-8,16H2,1-2H3,(H,18,20). The minimum atomic E-state index is -0.624. The van der Waals surface area contributed by atoms with Gasteiger partial charge in [0.2, 0.25) is 5.91 Å². The van der Waals surface area contributed by atoms with E-state index in [-0.39, 0.29) is 11.9 Å². The molecular formula is C15H26N4O. The molecule has 0 radical (unpaired) electrons. The van der Waals surface area contributed by atoms with E-state index in [0.717, 1.165) is 12.0 Å². The Balaban J connectivity index is 1.94. The van der Waals surface area contributed by atoms with Gasteiger partial charge in [0, 0.05) is 24.8 Å². The monoisotopic (exact) mass is 278 g/mol. The molecule has 1 heterocycles. The van der Waals surface area contributed by atoms with E-state index in [1.54, 1.807) is 17.1 Å². The number of amides is 1. The highest BCUT2D eigenvalue weighted by Gasteiger charge is 2.26. The van der Waals surface area contributed by atoms with Crippen molar-refractivity contribution in [3.05, 3.63) is 18.0 Å². The van der Waals surface area contributed by atoms with Crippen LogP contribution in [0.1, 0.15) is 57.1 Å². The molecule has 0 saturated heterocycles. The van der Waals surface area contributed by atoms with E-state index in [1.807, 2.05) is 7.05 Å². The Hall–Kier alpha value is -1.36. The number of nitrogens with one attached hydrogen (secondary N) is 1. The number of carbonyl (C=O) groups is 1. The quantitative estimate of drug-likeness (QED) is 0.864. The molecule has 1 saturated carbocycles. The third-order valence-electron chi connectivity index (χ3n) is 4.35. The Morgan fingerprint density at radius 3 is 2.75 bits per heavy atom. The summed E-state index contributed by atoms with van der Waals surface area (Å²) in [6, 6.07) is -0.369. The summed E-state index contributed by atoms with van der Waals surface area (Å²) in [5, 5.41) is 7.21. The van der Waals surface area contributed by atoms with Crippen LogP contribution in [0.3, 0.4) is 0 Å². The van der Waals surface area contributed by atoms with E-state index in [2.05, 4.69) is 17.3 Å². The fourth-order valence-corrected chi connectivity index (χ4v) is 3.11. The van der Waals surface area contributed by atoms with Gasteiger partial charge in [0.05, 0.1) is 6.20 Å². The van der Waals surface area contributed by atoms with Gasteiger partial charge in [-0.2, -0.15) is 5.10 Å². The summed E-state index contributed by atoms with van der Waals surface area (Å²) in [6.45, 7) is 2.13. The molecular weight excluding hydrogens is 252 g/mol. The molecule has 5 heteroatoms.